The Morgan fingerprint density at radius 2 is 1.29 bits per heavy atom. The van der Waals surface area contributed by atoms with Gasteiger partial charge in [-0.25, -0.2) is 0 Å². The van der Waals surface area contributed by atoms with Crippen molar-refractivity contribution in [1.29, 1.82) is 0 Å². The average molecular weight is 286 g/mol. The molecule has 0 spiro atoms. The summed E-state index contributed by atoms with van der Waals surface area (Å²) in [7, 11) is 0. The van der Waals surface area contributed by atoms with Crippen LogP contribution in [0.15, 0.2) is 24.3 Å². The van der Waals surface area contributed by atoms with Crippen molar-refractivity contribution in [3.8, 4) is 28.4 Å². The van der Waals surface area contributed by atoms with Gasteiger partial charge in [0.15, 0.2) is 0 Å². The van der Waals surface area contributed by atoms with E-state index in [4.69, 9.17) is 0 Å². The smallest absolute Gasteiger partial charge is 0.126 e. The highest BCUT2D eigenvalue weighted by molar-refractivity contribution is 5.78. The topological polar surface area (TPSA) is 60.7 Å². The van der Waals surface area contributed by atoms with Crippen molar-refractivity contribution >= 4 is 0 Å². The van der Waals surface area contributed by atoms with Crippen LogP contribution < -0.4 is 0 Å². The molecule has 0 amide bonds. The second kappa shape index (κ2) is 6.08. The first-order valence-electron chi connectivity index (χ1n) is 7.41. The molecule has 0 bridgehead atoms. The van der Waals surface area contributed by atoms with Gasteiger partial charge in [0.1, 0.15) is 17.2 Å². The molecule has 112 valence electrons. The number of phenolic OH excluding ortho intramolecular Hbond substituents is 3. The molecule has 3 nitrogen and oxygen atoms in total. The molecule has 2 aromatic rings. The van der Waals surface area contributed by atoms with Crippen LogP contribution in [-0.2, 0) is 19.3 Å². The summed E-state index contributed by atoms with van der Waals surface area (Å²) in [6.07, 6.45) is 2.40. The van der Waals surface area contributed by atoms with Gasteiger partial charge in [-0.2, -0.15) is 0 Å². The number of benzene rings is 2. The number of aryl methyl sites for hydroxylation is 2. The molecule has 0 radical (unpaired) electrons. The molecule has 2 rings (SSSR count). The van der Waals surface area contributed by atoms with E-state index in [0.29, 0.717) is 5.56 Å². The second-order valence-corrected chi connectivity index (χ2v) is 5.20. The number of phenols is 3. The van der Waals surface area contributed by atoms with Gasteiger partial charge in [0.2, 0.25) is 0 Å². The Hall–Kier alpha value is -2.16. The first kappa shape index (κ1) is 15.2. The fraction of sp³-hybridized carbons (Fsp3) is 0.333. The minimum absolute atomic E-state index is 0.00796. The van der Waals surface area contributed by atoms with Crippen molar-refractivity contribution in [3.05, 3.63) is 41.0 Å². The number of hydrogen-bond acceptors (Lipinski definition) is 3. The Kier molecular flexibility index (Phi) is 4.41. The van der Waals surface area contributed by atoms with Crippen LogP contribution in [0.2, 0.25) is 0 Å². The lowest BCUT2D eigenvalue weighted by Crippen LogP contribution is -1.99. The number of rotatable bonds is 4. The highest BCUT2D eigenvalue weighted by Gasteiger charge is 2.17. The predicted molar refractivity (Wildman–Crippen MR) is 85.0 cm³/mol. The van der Waals surface area contributed by atoms with E-state index in [2.05, 4.69) is 13.0 Å². The van der Waals surface area contributed by atoms with E-state index in [1.165, 1.54) is 11.6 Å². The van der Waals surface area contributed by atoms with Gasteiger partial charge in [0.25, 0.3) is 0 Å². The summed E-state index contributed by atoms with van der Waals surface area (Å²) in [5.41, 5.74) is 4.52. The summed E-state index contributed by atoms with van der Waals surface area (Å²) in [6.45, 7) is 6.14. The minimum atomic E-state index is -0.00796. The van der Waals surface area contributed by atoms with Crippen molar-refractivity contribution in [2.45, 2.75) is 40.0 Å². The van der Waals surface area contributed by atoms with Crippen molar-refractivity contribution < 1.29 is 15.3 Å². The quantitative estimate of drug-likeness (QED) is 0.791. The van der Waals surface area contributed by atoms with E-state index in [-0.39, 0.29) is 17.2 Å². The molecule has 0 aliphatic carbocycles. The molecule has 2 aromatic carbocycles. The van der Waals surface area contributed by atoms with E-state index in [1.807, 2.05) is 13.8 Å². The Morgan fingerprint density at radius 3 is 1.76 bits per heavy atom. The lowest BCUT2D eigenvalue weighted by Gasteiger charge is -2.18. The normalized spacial score (nSPS) is 10.8. The second-order valence-electron chi connectivity index (χ2n) is 5.20. The van der Waals surface area contributed by atoms with Gasteiger partial charge in [0, 0.05) is 11.6 Å². The van der Waals surface area contributed by atoms with Gasteiger partial charge in [-0.15, -0.1) is 0 Å². The molecule has 0 aliphatic rings. The zero-order chi connectivity index (χ0) is 15.6. The maximum atomic E-state index is 10.6. The molecule has 0 saturated heterocycles. The van der Waals surface area contributed by atoms with Gasteiger partial charge < -0.3 is 15.3 Å². The van der Waals surface area contributed by atoms with E-state index in [0.717, 1.165) is 36.0 Å². The monoisotopic (exact) mass is 286 g/mol. The predicted octanol–water partition coefficient (Wildman–Crippen LogP) is 4.16. The van der Waals surface area contributed by atoms with Crippen molar-refractivity contribution in [2.24, 2.45) is 0 Å². The third-order valence-electron chi connectivity index (χ3n) is 3.89. The fourth-order valence-corrected chi connectivity index (χ4v) is 2.87. The molecule has 0 saturated carbocycles. The SMILES string of the molecule is CCc1cc(CC)c(CC)c(-c2cc(O)cc(O)c2)c1O. The van der Waals surface area contributed by atoms with Crippen molar-refractivity contribution in [2.75, 3.05) is 0 Å². The zero-order valence-corrected chi connectivity index (χ0v) is 12.8. The maximum Gasteiger partial charge on any atom is 0.126 e. The Morgan fingerprint density at radius 1 is 0.714 bits per heavy atom. The molecule has 3 heteroatoms. The third kappa shape index (κ3) is 2.82. The molecule has 0 heterocycles. The van der Waals surface area contributed by atoms with Crippen LogP contribution >= 0.6 is 0 Å². The van der Waals surface area contributed by atoms with Crippen LogP contribution in [0.3, 0.4) is 0 Å². The first-order valence-corrected chi connectivity index (χ1v) is 7.41. The van der Waals surface area contributed by atoms with E-state index in [1.54, 1.807) is 12.1 Å². The third-order valence-corrected chi connectivity index (χ3v) is 3.89. The van der Waals surface area contributed by atoms with E-state index >= 15 is 0 Å². The van der Waals surface area contributed by atoms with E-state index in [9.17, 15) is 15.3 Å². The van der Waals surface area contributed by atoms with Crippen molar-refractivity contribution in [3.63, 3.8) is 0 Å². The Labute approximate surface area is 125 Å². The van der Waals surface area contributed by atoms with E-state index < -0.39 is 0 Å². The average Bonchev–Trinajstić information content (AvgIpc) is 2.45. The lowest BCUT2D eigenvalue weighted by molar-refractivity contribution is 0.450. The number of aromatic hydroxyl groups is 3. The minimum Gasteiger partial charge on any atom is -0.508 e. The summed E-state index contributed by atoms with van der Waals surface area (Å²) in [6, 6.07) is 6.50. The summed E-state index contributed by atoms with van der Waals surface area (Å²) < 4.78 is 0. The Balaban J connectivity index is 2.81. The van der Waals surface area contributed by atoms with Gasteiger partial charge in [0.05, 0.1) is 0 Å². The highest BCUT2D eigenvalue weighted by atomic mass is 16.3. The molecular weight excluding hydrogens is 264 g/mol. The van der Waals surface area contributed by atoms with Gasteiger partial charge >= 0.3 is 0 Å². The molecule has 0 fully saturated rings. The molecular formula is C18H22O3. The molecule has 0 unspecified atom stereocenters. The van der Waals surface area contributed by atoms with Crippen LogP contribution in [0.5, 0.6) is 17.2 Å². The van der Waals surface area contributed by atoms with Gasteiger partial charge in [-0.3, -0.25) is 0 Å². The largest absolute Gasteiger partial charge is 0.508 e. The summed E-state index contributed by atoms with van der Waals surface area (Å²) in [5, 5.41) is 30.0. The molecule has 0 atom stereocenters. The van der Waals surface area contributed by atoms with Crippen LogP contribution in [0, 0.1) is 0 Å². The molecule has 21 heavy (non-hydrogen) atoms. The standard InChI is InChI=1S/C18H22O3/c1-4-11-7-12(5-2)18(21)17(16(11)6-3)13-8-14(19)10-15(20)9-13/h7-10,19-21H,4-6H2,1-3H3. The van der Waals surface area contributed by atoms with Crippen LogP contribution in [-0.4, -0.2) is 15.3 Å². The van der Waals surface area contributed by atoms with Crippen LogP contribution in [0.25, 0.3) is 11.1 Å². The fourth-order valence-electron chi connectivity index (χ4n) is 2.87. The molecule has 0 aliphatic heterocycles. The van der Waals surface area contributed by atoms with Crippen molar-refractivity contribution in [1.82, 2.24) is 0 Å². The lowest BCUT2D eigenvalue weighted by atomic mass is 9.88. The maximum absolute atomic E-state index is 10.6. The molecule has 0 aromatic heterocycles. The summed E-state index contributed by atoms with van der Waals surface area (Å²) in [4.78, 5) is 0. The van der Waals surface area contributed by atoms with Gasteiger partial charge in [-0.05, 0) is 53.6 Å². The summed E-state index contributed by atoms with van der Waals surface area (Å²) in [5.74, 6) is 0.231. The van der Waals surface area contributed by atoms with Gasteiger partial charge in [-0.1, -0.05) is 26.8 Å². The zero-order valence-electron chi connectivity index (χ0n) is 12.8. The molecule has 3 N–H and O–H groups in total. The Bertz CT molecular complexity index is 640. The highest BCUT2D eigenvalue weighted by Crippen LogP contribution is 2.40. The first-order chi connectivity index (χ1) is 10.0. The van der Waals surface area contributed by atoms with Crippen LogP contribution in [0.4, 0.5) is 0 Å². The number of hydrogen-bond donors (Lipinski definition) is 3. The van der Waals surface area contributed by atoms with Crippen LogP contribution in [0.1, 0.15) is 37.5 Å². The summed E-state index contributed by atoms with van der Waals surface area (Å²) >= 11 is 0.